The number of Topliss-reactive ketones (excluding diaryl/α,β-unsaturated/α-hetero) is 1. The number of hydrogen-bond donors (Lipinski definition) is 0. The molecular formula is C23H24F3N5O5S. The molecule has 3 heterocycles. The number of alkyl halides is 3. The Morgan fingerprint density at radius 1 is 1.14 bits per heavy atom. The lowest BCUT2D eigenvalue weighted by molar-refractivity contribution is -0.141. The van der Waals surface area contributed by atoms with E-state index < -0.39 is 45.1 Å². The number of carbonyl (C=O) groups is 2. The van der Waals surface area contributed by atoms with Crippen LogP contribution >= 0.6 is 0 Å². The topological polar surface area (TPSA) is 124 Å². The molecule has 0 aliphatic carbocycles. The zero-order chi connectivity index (χ0) is 27.4. The Hall–Kier alpha value is -3.55. The molecule has 0 N–H and O–H groups in total. The number of ether oxygens (including phenoxy) is 1. The van der Waals surface area contributed by atoms with Crippen LogP contribution in [0.15, 0.2) is 23.2 Å². The number of methoxy groups -OCH3 is 1. The van der Waals surface area contributed by atoms with Gasteiger partial charge in [0.05, 0.1) is 40.2 Å². The van der Waals surface area contributed by atoms with E-state index in [0.29, 0.717) is 16.9 Å². The maximum Gasteiger partial charge on any atom is 0.434 e. The van der Waals surface area contributed by atoms with Gasteiger partial charge >= 0.3 is 12.1 Å². The van der Waals surface area contributed by atoms with Gasteiger partial charge in [-0.05, 0) is 25.0 Å². The molecule has 0 fully saturated rings. The van der Waals surface area contributed by atoms with Gasteiger partial charge in [-0.25, -0.2) is 28.2 Å². The lowest BCUT2D eigenvalue weighted by Gasteiger charge is -2.38. The number of esters is 1. The van der Waals surface area contributed by atoms with Crippen molar-refractivity contribution in [2.45, 2.75) is 44.4 Å². The number of anilines is 1. The van der Waals surface area contributed by atoms with Crippen LogP contribution < -0.4 is 4.90 Å². The molecule has 4 rings (SSSR count). The molecule has 0 saturated heterocycles. The Kier molecular flexibility index (Phi) is 6.51. The lowest BCUT2D eigenvalue weighted by atomic mass is 10.00. The van der Waals surface area contributed by atoms with Crippen molar-refractivity contribution in [2.75, 3.05) is 24.8 Å². The first-order valence-corrected chi connectivity index (χ1v) is 13.1. The number of aromatic nitrogens is 4. The molecule has 37 heavy (non-hydrogen) atoms. The van der Waals surface area contributed by atoms with Crippen LogP contribution in [0, 0.1) is 5.92 Å². The summed E-state index contributed by atoms with van der Waals surface area (Å²) in [5.74, 6) is -1.58. The van der Waals surface area contributed by atoms with Crippen LogP contribution in [-0.2, 0) is 27.3 Å². The number of halogens is 3. The Labute approximate surface area is 210 Å². The van der Waals surface area contributed by atoms with Crippen molar-refractivity contribution in [1.82, 2.24) is 19.5 Å². The smallest absolute Gasteiger partial charge is 0.434 e. The number of nitrogens with zero attached hydrogens (tertiary/aromatic N) is 5. The third kappa shape index (κ3) is 4.65. The van der Waals surface area contributed by atoms with E-state index in [2.05, 4.69) is 15.0 Å². The SMILES string of the molecule is COC(=O)c1cc2nc3n(c2cc1S(C)(=O)=O)CCN(c1ncc(C(C)=O)c(C(F)(F)F)n1)[C@@H]3C(C)C. The van der Waals surface area contributed by atoms with Crippen molar-refractivity contribution in [3.05, 3.63) is 41.0 Å². The van der Waals surface area contributed by atoms with Gasteiger partial charge in [0.1, 0.15) is 5.82 Å². The number of sulfone groups is 1. The molecule has 14 heteroatoms. The van der Waals surface area contributed by atoms with Crippen molar-refractivity contribution in [2.24, 2.45) is 5.92 Å². The van der Waals surface area contributed by atoms with Crippen LogP contribution in [0.4, 0.5) is 19.1 Å². The highest BCUT2D eigenvalue weighted by Crippen LogP contribution is 2.39. The largest absolute Gasteiger partial charge is 0.465 e. The predicted molar refractivity (Wildman–Crippen MR) is 126 cm³/mol. The van der Waals surface area contributed by atoms with E-state index in [1.54, 1.807) is 9.47 Å². The van der Waals surface area contributed by atoms with Crippen molar-refractivity contribution in [3.63, 3.8) is 0 Å². The molecule has 1 aliphatic heterocycles. The Balaban J connectivity index is 1.90. The van der Waals surface area contributed by atoms with E-state index in [-0.39, 0.29) is 35.4 Å². The van der Waals surface area contributed by atoms with Crippen LogP contribution in [0.5, 0.6) is 0 Å². The molecule has 1 aromatic carbocycles. The van der Waals surface area contributed by atoms with Gasteiger partial charge in [0.2, 0.25) is 5.95 Å². The highest BCUT2D eigenvalue weighted by molar-refractivity contribution is 7.90. The first kappa shape index (κ1) is 26.5. The minimum atomic E-state index is -4.86. The molecule has 0 spiro atoms. The predicted octanol–water partition coefficient (Wildman–Crippen LogP) is 3.46. The zero-order valence-electron chi connectivity index (χ0n) is 20.6. The number of fused-ring (bicyclic) bond motifs is 3. The van der Waals surface area contributed by atoms with Crippen molar-refractivity contribution in [3.8, 4) is 0 Å². The van der Waals surface area contributed by atoms with Gasteiger partial charge in [-0.2, -0.15) is 13.2 Å². The Morgan fingerprint density at radius 2 is 1.81 bits per heavy atom. The van der Waals surface area contributed by atoms with E-state index in [4.69, 9.17) is 4.74 Å². The van der Waals surface area contributed by atoms with Gasteiger partial charge in [-0.15, -0.1) is 0 Å². The van der Waals surface area contributed by atoms with Crippen LogP contribution in [0.1, 0.15) is 59.0 Å². The monoisotopic (exact) mass is 539 g/mol. The number of rotatable bonds is 5. The summed E-state index contributed by atoms with van der Waals surface area (Å²) in [6.45, 7) is 5.13. The van der Waals surface area contributed by atoms with Crippen molar-refractivity contribution in [1.29, 1.82) is 0 Å². The molecule has 0 unspecified atom stereocenters. The molecule has 0 radical (unpaired) electrons. The summed E-state index contributed by atoms with van der Waals surface area (Å²) in [5, 5.41) is 0. The van der Waals surface area contributed by atoms with Gasteiger partial charge in [0.15, 0.2) is 21.3 Å². The molecule has 0 bridgehead atoms. The Bertz CT molecular complexity index is 1530. The summed E-state index contributed by atoms with van der Waals surface area (Å²) in [6.07, 6.45) is -3.00. The van der Waals surface area contributed by atoms with E-state index in [0.717, 1.165) is 26.5 Å². The molecule has 198 valence electrons. The average molecular weight is 540 g/mol. The van der Waals surface area contributed by atoms with E-state index in [1.165, 1.54) is 12.1 Å². The minimum Gasteiger partial charge on any atom is -0.465 e. The van der Waals surface area contributed by atoms with Crippen LogP contribution in [0.25, 0.3) is 11.0 Å². The van der Waals surface area contributed by atoms with Crippen LogP contribution in [0.3, 0.4) is 0 Å². The van der Waals surface area contributed by atoms with Crippen molar-refractivity contribution < 1.29 is 35.9 Å². The normalized spacial score (nSPS) is 16.2. The van der Waals surface area contributed by atoms with Gasteiger partial charge in [0, 0.05) is 25.5 Å². The molecule has 3 aromatic rings. The molecule has 10 nitrogen and oxygen atoms in total. The summed E-state index contributed by atoms with van der Waals surface area (Å²) in [6, 6.07) is 2.11. The summed E-state index contributed by atoms with van der Waals surface area (Å²) in [4.78, 5) is 37.9. The summed E-state index contributed by atoms with van der Waals surface area (Å²) in [5.41, 5.74) is -1.31. The maximum absolute atomic E-state index is 13.7. The second-order valence-corrected chi connectivity index (χ2v) is 11.1. The minimum absolute atomic E-state index is 0.163. The number of benzene rings is 1. The number of ketones is 1. The summed E-state index contributed by atoms with van der Waals surface area (Å²) < 4.78 is 72.5. The second-order valence-electron chi connectivity index (χ2n) is 9.09. The molecule has 0 saturated carbocycles. The summed E-state index contributed by atoms with van der Waals surface area (Å²) in [7, 11) is -2.67. The average Bonchev–Trinajstić information content (AvgIpc) is 3.17. The van der Waals surface area contributed by atoms with Gasteiger partial charge in [-0.3, -0.25) is 4.79 Å². The van der Waals surface area contributed by atoms with Gasteiger partial charge < -0.3 is 14.2 Å². The number of carbonyl (C=O) groups excluding carboxylic acids is 2. The summed E-state index contributed by atoms with van der Waals surface area (Å²) >= 11 is 0. The van der Waals surface area contributed by atoms with E-state index in [9.17, 15) is 31.2 Å². The second kappa shape index (κ2) is 9.08. The molecular weight excluding hydrogens is 515 g/mol. The van der Waals surface area contributed by atoms with E-state index in [1.807, 2.05) is 13.8 Å². The van der Waals surface area contributed by atoms with Gasteiger partial charge in [0.25, 0.3) is 0 Å². The fourth-order valence-electron chi connectivity index (χ4n) is 4.56. The highest BCUT2D eigenvalue weighted by Gasteiger charge is 2.40. The van der Waals surface area contributed by atoms with Crippen LogP contribution in [0.2, 0.25) is 0 Å². The fourth-order valence-corrected chi connectivity index (χ4v) is 5.43. The highest BCUT2D eigenvalue weighted by atomic mass is 32.2. The molecule has 2 aromatic heterocycles. The molecule has 1 aliphatic rings. The molecule has 0 amide bonds. The quantitative estimate of drug-likeness (QED) is 0.354. The number of hydrogen-bond acceptors (Lipinski definition) is 9. The lowest BCUT2D eigenvalue weighted by Crippen LogP contribution is -2.42. The van der Waals surface area contributed by atoms with Gasteiger partial charge in [-0.1, -0.05) is 13.8 Å². The third-order valence-corrected chi connectivity index (χ3v) is 7.30. The standard InChI is InChI=1S/C23H24F3N5O5S/c1-11(2)18-20-28-15-8-13(21(33)36-4)17(37(5,34)35)9-16(15)30(20)6-7-31(18)22-27-10-14(12(3)32)19(29-22)23(24,25)26/h8-11,18H,6-7H2,1-5H3/t18-/m1/s1. The zero-order valence-corrected chi connectivity index (χ0v) is 21.4. The van der Waals surface area contributed by atoms with Crippen LogP contribution in [-0.4, -0.2) is 59.6 Å². The molecule has 1 atom stereocenters. The first-order chi connectivity index (χ1) is 17.1. The number of imidazole rings is 1. The Morgan fingerprint density at radius 3 is 2.35 bits per heavy atom. The van der Waals surface area contributed by atoms with Crippen molar-refractivity contribution >= 4 is 38.6 Å². The van der Waals surface area contributed by atoms with E-state index >= 15 is 0 Å². The third-order valence-electron chi connectivity index (χ3n) is 6.16. The maximum atomic E-state index is 13.7. The fraction of sp³-hybridized carbons (Fsp3) is 0.435. The first-order valence-electron chi connectivity index (χ1n) is 11.2.